The van der Waals surface area contributed by atoms with Crippen LogP contribution in [0.25, 0.3) is 0 Å². The van der Waals surface area contributed by atoms with Crippen molar-refractivity contribution < 1.29 is 28.7 Å². The van der Waals surface area contributed by atoms with Crippen molar-refractivity contribution in [1.29, 1.82) is 0 Å². The molecule has 144 valence electrons. The summed E-state index contributed by atoms with van der Waals surface area (Å²) < 4.78 is 4.71. The third kappa shape index (κ3) is 4.60. The first kappa shape index (κ1) is 19.9. The number of imide groups is 2. The molecule has 0 bridgehead atoms. The van der Waals surface area contributed by atoms with E-state index in [2.05, 4.69) is 10.6 Å². The molecule has 0 radical (unpaired) electrons. The predicted octanol–water partition coefficient (Wildman–Crippen LogP) is -0.157. The Balaban J connectivity index is 1.92. The fraction of sp³-hybridized carbons (Fsp3) is 0.353. The summed E-state index contributed by atoms with van der Waals surface area (Å²) in [7, 11) is 0. The van der Waals surface area contributed by atoms with E-state index in [0.29, 0.717) is 12.1 Å². The van der Waals surface area contributed by atoms with Crippen molar-refractivity contribution in [1.82, 2.24) is 20.9 Å². The standard InChI is InChI=1S/C17H20N4O6/c1-3-18-15(25)19-12(22)10-27-13(23)9-21-14(24)17(2,20-16(21)26)11-7-5-4-6-8-11/h4-8H,3,9-10H2,1-2H3,(H,20,26)(H2,18,19,22,25)/t17-/m1/s1. The molecule has 0 aliphatic carbocycles. The second kappa shape index (κ2) is 8.30. The number of rotatable bonds is 6. The molecule has 0 unspecified atom stereocenters. The Labute approximate surface area is 155 Å². The zero-order valence-electron chi connectivity index (χ0n) is 14.9. The number of benzene rings is 1. The smallest absolute Gasteiger partial charge is 0.326 e. The third-order valence-corrected chi connectivity index (χ3v) is 3.87. The van der Waals surface area contributed by atoms with Gasteiger partial charge in [-0.05, 0) is 19.4 Å². The van der Waals surface area contributed by atoms with Crippen molar-refractivity contribution in [2.45, 2.75) is 19.4 Å². The number of ether oxygens (including phenoxy) is 1. The van der Waals surface area contributed by atoms with Gasteiger partial charge in [0.15, 0.2) is 6.61 Å². The quantitative estimate of drug-likeness (QED) is 0.467. The van der Waals surface area contributed by atoms with Crippen molar-refractivity contribution in [3.8, 4) is 0 Å². The molecule has 1 aliphatic heterocycles. The summed E-state index contributed by atoms with van der Waals surface area (Å²) >= 11 is 0. The van der Waals surface area contributed by atoms with Gasteiger partial charge in [-0.15, -0.1) is 0 Å². The van der Waals surface area contributed by atoms with E-state index in [4.69, 9.17) is 4.74 Å². The number of hydrogen-bond acceptors (Lipinski definition) is 6. The highest BCUT2D eigenvalue weighted by molar-refractivity contribution is 6.09. The summed E-state index contributed by atoms with van der Waals surface area (Å²) in [5, 5.41) is 6.85. The SMILES string of the molecule is CCNC(=O)NC(=O)COC(=O)CN1C(=O)N[C@](C)(c2ccccc2)C1=O. The maximum absolute atomic E-state index is 12.6. The van der Waals surface area contributed by atoms with Crippen LogP contribution in [0.5, 0.6) is 0 Å². The molecule has 0 aromatic heterocycles. The van der Waals surface area contributed by atoms with Gasteiger partial charge in [0.2, 0.25) is 0 Å². The van der Waals surface area contributed by atoms with Crippen molar-refractivity contribution >= 4 is 29.8 Å². The van der Waals surface area contributed by atoms with Crippen molar-refractivity contribution in [3.63, 3.8) is 0 Å². The first-order valence-corrected chi connectivity index (χ1v) is 8.21. The first-order valence-electron chi connectivity index (χ1n) is 8.21. The van der Waals surface area contributed by atoms with Crippen LogP contribution in [-0.4, -0.2) is 54.4 Å². The van der Waals surface area contributed by atoms with Crippen molar-refractivity contribution in [3.05, 3.63) is 35.9 Å². The molecule has 10 heteroatoms. The topological polar surface area (TPSA) is 134 Å². The van der Waals surface area contributed by atoms with Gasteiger partial charge in [0.25, 0.3) is 11.8 Å². The molecule has 1 aliphatic rings. The molecular formula is C17H20N4O6. The van der Waals surface area contributed by atoms with Crippen LogP contribution >= 0.6 is 0 Å². The average Bonchev–Trinajstić information content (AvgIpc) is 2.85. The molecule has 3 N–H and O–H groups in total. The Morgan fingerprint density at radius 2 is 1.85 bits per heavy atom. The van der Waals surface area contributed by atoms with Crippen molar-refractivity contribution in [2.75, 3.05) is 19.7 Å². The van der Waals surface area contributed by atoms with Crippen LogP contribution < -0.4 is 16.0 Å². The molecule has 1 heterocycles. The van der Waals surface area contributed by atoms with E-state index in [1.807, 2.05) is 5.32 Å². The minimum atomic E-state index is -1.30. The van der Waals surface area contributed by atoms with Gasteiger partial charge in [0, 0.05) is 6.54 Å². The number of nitrogens with one attached hydrogen (secondary N) is 3. The van der Waals surface area contributed by atoms with E-state index in [1.54, 1.807) is 37.3 Å². The van der Waals surface area contributed by atoms with E-state index in [0.717, 1.165) is 4.90 Å². The number of carbonyl (C=O) groups excluding carboxylic acids is 5. The number of nitrogens with zero attached hydrogens (tertiary/aromatic N) is 1. The van der Waals surface area contributed by atoms with Gasteiger partial charge in [-0.2, -0.15) is 0 Å². The summed E-state index contributed by atoms with van der Waals surface area (Å²) in [6.07, 6.45) is 0. The zero-order valence-corrected chi connectivity index (χ0v) is 14.9. The zero-order chi connectivity index (χ0) is 20.0. The predicted molar refractivity (Wildman–Crippen MR) is 92.2 cm³/mol. The molecule has 10 nitrogen and oxygen atoms in total. The lowest BCUT2D eigenvalue weighted by molar-refractivity contribution is -0.150. The summed E-state index contributed by atoms with van der Waals surface area (Å²) in [4.78, 5) is 60.0. The number of amides is 6. The van der Waals surface area contributed by atoms with Crippen LogP contribution in [-0.2, 0) is 24.7 Å². The fourth-order valence-corrected chi connectivity index (χ4v) is 2.50. The van der Waals surface area contributed by atoms with Crippen LogP contribution in [0, 0.1) is 0 Å². The molecule has 2 rings (SSSR count). The molecule has 0 saturated carbocycles. The summed E-state index contributed by atoms with van der Waals surface area (Å²) in [5.41, 5.74) is -0.727. The lowest BCUT2D eigenvalue weighted by Gasteiger charge is -2.21. The summed E-state index contributed by atoms with van der Waals surface area (Å²) in [6, 6.07) is 7.14. The van der Waals surface area contributed by atoms with Gasteiger partial charge in [-0.1, -0.05) is 30.3 Å². The molecule has 1 aromatic rings. The number of esters is 1. The number of carbonyl (C=O) groups is 5. The minimum Gasteiger partial charge on any atom is -0.454 e. The Morgan fingerprint density at radius 3 is 2.48 bits per heavy atom. The van der Waals surface area contributed by atoms with Gasteiger partial charge >= 0.3 is 18.0 Å². The highest BCUT2D eigenvalue weighted by atomic mass is 16.5. The maximum atomic E-state index is 12.6. The largest absolute Gasteiger partial charge is 0.454 e. The fourth-order valence-electron chi connectivity index (χ4n) is 2.50. The van der Waals surface area contributed by atoms with E-state index < -0.39 is 48.5 Å². The van der Waals surface area contributed by atoms with Gasteiger partial charge < -0.3 is 15.4 Å². The third-order valence-electron chi connectivity index (χ3n) is 3.87. The molecule has 0 spiro atoms. The van der Waals surface area contributed by atoms with Crippen molar-refractivity contribution in [2.24, 2.45) is 0 Å². The molecule has 1 aromatic carbocycles. The normalized spacial score (nSPS) is 18.7. The Bertz CT molecular complexity index is 766. The Kier molecular flexibility index (Phi) is 6.11. The van der Waals surface area contributed by atoms with E-state index in [-0.39, 0.29) is 0 Å². The average molecular weight is 376 g/mol. The monoisotopic (exact) mass is 376 g/mol. The Morgan fingerprint density at radius 1 is 1.19 bits per heavy atom. The van der Waals surface area contributed by atoms with Crippen LogP contribution in [0.2, 0.25) is 0 Å². The first-order chi connectivity index (χ1) is 12.8. The van der Waals surface area contributed by atoms with Gasteiger partial charge in [0.05, 0.1) is 0 Å². The highest BCUT2D eigenvalue weighted by Crippen LogP contribution is 2.28. The molecule has 6 amide bonds. The second-order valence-electron chi connectivity index (χ2n) is 5.88. The highest BCUT2D eigenvalue weighted by Gasteiger charge is 2.49. The van der Waals surface area contributed by atoms with Crippen LogP contribution in [0.1, 0.15) is 19.4 Å². The lowest BCUT2D eigenvalue weighted by Crippen LogP contribution is -2.43. The minimum absolute atomic E-state index is 0.325. The lowest BCUT2D eigenvalue weighted by atomic mass is 9.92. The molecular weight excluding hydrogens is 356 g/mol. The maximum Gasteiger partial charge on any atom is 0.326 e. The van der Waals surface area contributed by atoms with Crippen LogP contribution in [0.4, 0.5) is 9.59 Å². The summed E-state index contributed by atoms with van der Waals surface area (Å²) in [6.45, 7) is 2.17. The number of hydrogen-bond donors (Lipinski definition) is 3. The van der Waals surface area contributed by atoms with Crippen LogP contribution in [0.3, 0.4) is 0 Å². The number of urea groups is 2. The molecule has 1 fully saturated rings. The van der Waals surface area contributed by atoms with E-state index in [1.165, 1.54) is 6.92 Å². The van der Waals surface area contributed by atoms with Gasteiger partial charge in [-0.3, -0.25) is 24.6 Å². The molecule has 1 atom stereocenters. The van der Waals surface area contributed by atoms with E-state index >= 15 is 0 Å². The molecule has 27 heavy (non-hydrogen) atoms. The van der Waals surface area contributed by atoms with Gasteiger partial charge in [-0.25, -0.2) is 9.59 Å². The Hall–Kier alpha value is -3.43. The summed E-state index contributed by atoms with van der Waals surface area (Å²) in [5.74, 6) is -2.40. The molecule has 1 saturated heterocycles. The van der Waals surface area contributed by atoms with Gasteiger partial charge in [0.1, 0.15) is 12.1 Å². The van der Waals surface area contributed by atoms with E-state index in [9.17, 15) is 24.0 Å². The van der Waals surface area contributed by atoms with Crippen LogP contribution in [0.15, 0.2) is 30.3 Å². The second-order valence-corrected chi connectivity index (χ2v) is 5.88.